The maximum Gasteiger partial charge on any atom is 0.245 e. The van der Waals surface area contributed by atoms with E-state index in [9.17, 15) is 4.79 Å². The molecule has 0 aliphatic carbocycles. The highest BCUT2D eigenvalue weighted by molar-refractivity contribution is 6.06. The van der Waals surface area contributed by atoms with Crippen LogP contribution in [0.2, 0.25) is 0 Å². The van der Waals surface area contributed by atoms with Crippen LogP contribution in [0.5, 0.6) is 0 Å². The summed E-state index contributed by atoms with van der Waals surface area (Å²) < 4.78 is 10.6. The quantitative estimate of drug-likeness (QED) is 0.518. The third-order valence-electron chi connectivity index (χ3n) is 3.08. The van der Waals surface area contributed by atoms with Gasteiger partial charge >= 0.3 is 0 Å². The Kier molecular flexibility index (Phi) is 3.35. The van der Waals surface area contributed by atoms with Crippen molar-refractivity contribution in [2.45, 2.75) is 0 Å². The van der Waals surface area contributed by atoms with Crippen molar-refractivity contribution in [2.75, 3.05) is 0 Å². The fourth-order valence-corrected chi connectivity index (χ4v) is 1.96. The fraction of sp³-hybridized carbons (Fsp3) is 0. The van der Waals surface area contributed by atoms with Gasteiger partial charge in [0.2, 0.25) is 17.6 Å². The number of nitrogens with zero attached hydrogens (tertiary/aromatic N) is 6. The van der Waals surface area contributed by atoms with Crippen LogP contribution in [0, 0.1) is 0 Å². The molecule has 24 heavy (non-hydrogen) atoms. The van der Waals surface area contributed by atoms with Gasteiger partial charge in [-0.3, -0.25) is 4.79 Å². The van der Waals surface area contributed by atoms with Crippen LogP contribution in [0.1, 0.15) is 16.2 Å². The van der Waals surface area contributed by atoms with Gasteiger partial charge in [-0.1, -0.05) is 0 Å². The molecule has 116 valence electrons. The molecule has 9 heteroatoms. The summed E-state index contributed by atoms with van der Waals surface area (Å²) in [6.07, 6.45) is 8.34. The zero-order valence-corrected chi connectivity index (χ0v) is 12.0. The van der Waals surface area contributed by atoms with Gasteiger partial charge in [-0.05, 0) is 12.1 Å². The molecule has 0 amide bonds. The lowest BCUT2D eigenvalue weighted by molar-refractivity contribution is 0.103. The van der Waals surface area contributed by atoms with E-state index in [2.05, 4.69) is 29.9 Å². The summed E-state index contributed by atoms with van der Waals surface area (Å²) in [6, 6.07) is 3.26. The third kappa shape index (κ3) is 2.54. The fourth-order valence-electron chi connectivity index (χ4n) is 1.96. The maximum absolute atomic E-state index is 12.4. The van der Waals surface area contributed by atoms with Crippen LogP contribution in [-0.2, 0) is 0 Å². The van der Waals surface area contributed by atoms with Gasteiger partial charge in [-0.15, -0.1) is 0 Å². The summed E-state index contributed by atoms with van der Waals surface area (Å²) in [5.74, 6) is 0.0173. The van der Waals surface area contributed by atoms with E-state index in [1.807, 2.05) is 0 Å². The molecule has 0 aliphatic heterocycles. The van der Waals surface area contributed by atoms with E-state index in [1.54, 1.807) is 24.5 Å². The Hall–Kier alpha value is -3.75. The van der Waals surface area contributed by atoms with Crippen molar-refractivity contribution in [1.29, 1.82) is 0 Å². The minimum absolute atomic E-state index is 0.103. The largest absolute Gasteiger partial charge is 0.443 e. The van der Waals surface area contributed by atoms with Gasteiger partial charge in [0, 0.05) is 12.4 Å². The molecule has 4 aromatic rings. The number of carbonyl (C=O) groups is 1. The standard InChI is InChI=1S/C15H8N6O3/c22-13(11-5-23-14(20-11)9-1-3-16-7-18-9)12-6-24-15(21-12)10-2-4-17-8-19-10/h1-8H. The highest BCUT2D eigenvalue weighted by atomic mass is 16.3. The summed E-state index contributed by atoms with van der Waals surface area (Å²) in [5.41, 5.74) is 1.16. The van der Waals surface area contributed by atoms with Crippen molar-refractivity contribution in [3.05, 3.63) is 61.1 Å². The first-order valence-corrected chi connectivity index (χ1v) is 6.80. The Labute approximate surface area is 134 Å². The molecule has 0 radical (unpaired) electrons. The predicted octanol–water partition coefficient (Wildman–Crippen LogP) is 1.81. The molecule has 0 N–H and O–H groups in total. The summed E-state index contributed by atoms with van der Waals surface area (Å²) in [4.78, 5) is 36.3. The molecule has 0 saturated carbocycles. The Balaban J connectivity index is 1.61. The van der Waals surface area contributed by atoms with Gasteiger partial charge < -0.3 is 8.83 Å². The van der Waals surface area contributed by atoms with Gasteiger partial charge in [-0.25, -0.2) is 29.9 Å². The number of oxazole rings is 2. The lowest BCUT2D eigenvalue weighted by atomic mass is 10.2. The summed E-state index contributed by atoms with van der Waals surface area (Å²) in [7, 11) is 0. The molecule has 0 unspecified atom stereocenters. The molecule has 9 nitrogen and oxygen atoms in total. The molecule has 0 aromatic carbocycles. The van der Waals surface area contributed by atoms with Crippen molar-refractivity contribution in [1.82, 2.24) is 29.9 Å². The lowest BCUT2D eigenvalue weighted by Gasteiger charge is -1.91. The molecule has 4 aromatic heterocycles. The normalized spacial score (nSPS) is 10.7. The molecule has 4 rings (SSSR count). The second kappa shape index (κ2) is 5.80. The molecule has 0 fully saturated rings. The van der Waals surface area contributed by atoms with E-state index >= 15 is 0 Å². The zero-order valence-electron chi connectivity index (χ0n) is 12.0. The van der Waals surface area contributed by atoms with Crippen LogP contribution in [-0.4, -0.2) is 35.7 Å². The van der Waals surface area contributed by atoms with E-state index in [-0.39, 0.29) is 23.2 Å². The molecule has 0 saturated heterocycles. The molecule has 0 aliphatic rings. The monoisotopic (exact) mass is 320 g/mol. The molecule has 0 atom stereocenters. The lowest BCUT2D eigenvalue weighted by Crippen LogP contribution is -2.02. The Morgan fingerprint density at radius 2 is 1.29 bits per heavy atom. The van der Waals surface area contributed by atoms with Gasteiger partial charge in [0.25, 0.3) is 0 Å². The highest BCUT2D eigenvalue weighted by Crippen LogP contribution is 2.19. The zero-order chi connectivity index (χ0) is 16.4. The Bertz CT molecular complexity index is 901. The summed E-state index contributed by atoms with van der Waals surface area (Å²) >= 11 is 0. The van der Waals surface area contributed by atoms with Crippen LogP contribution in [0.25, 0.3) is 23.2 Å². The summed E-state index contributed by atoms with van der Waals surface area (Å²) in [6.45, 7) is 0. The second-order valence-corrected chi connectivity index (χ2v) is 4.59. The van der Waals surface area contributed by atoms with Crippen LogP contribution >= 0.6 is 0 Å². The van der Waals surface area contributed by atoms with Crippen molar-refractivity contribution in [3.63, 3.8) is 0 Å². The molecular formula is C15H8N6O3. The van der Waals surface area contributed by atoms with Gasteiger partial charge in [-0.2, -0.15) is 0 Å². The van der Waals surface area contributed by atoms with Crippen molar-refractivity contribution in [2.24, 2.45) is 0 Å². The van der Waals surface area contributed by atoms with E-state index in [1.165, 1.54) is 25.2 Å². The maximum atomic E-state index is 12.4. The first-order chi connectivity index (χ1) is 11.8. The van der Waals surface area contributed by atoms with E-state index < -0.39 is 5.78 Å². The first kappa shape index (κ1) is 13.9. The number of aromatic nitrogens is 6. The Morgan fingerprint density at radius 3 is 1.71 bits per heavy atom. The minimum Gasteiger partial charge on any atom is -0.443 e. The molecule has 4 heterocycles. The average Bonchev–Trinajstić information content (AvgIpc) is 3.33. The average molecular weight is 320 g/mol. The van der Waals surface area contributed by atoms with E-state index in [0.717, 1.165) is 0 Å². The number of carbonyl (C=O) groups excluding carboxylic acids is 1. The van der Waals surface area contributed by atoms with Crippen LogP contribution in [0.4, 0.5) is 0 Å². The van der Waals surface area contributed by atoms with Gasteiger partial charge in [0.05, 0.1) is 0 Å². The van der Waals surface area contributed by atoms with Crippen molar-refractivity contribution < 1.29 is 13.6 Å². The Morgan fingerprint density at radius 1 is 0.792 bits per heavy atom. The van der Waals surface area contributed by atoms with Crippen molar-refractivity contribution >= 4 is 5.78 Å². The summed E-state index contributed by atoms with van der Waals surface area (Å²) in [5, 5.41) is 0. The minimum atomic E-state index is -0.428. The van der Waals surface area contributed by atoms with Crippen LogP contribution in [0.15, 0.2) is 58.5 Å². The second-order valence-electron chi connectivity index (χ2n) is 4.59. The number of hydrogen-bond donors (Lipinski definition) is 0. The molecule has 0 spiro atoms. The number of hydrogen-bond acceptors (Lipinski definition) is 9. The van der Waals surface area contributed by atoms with Gasteiger partial charge in [0.15, 0.2) is 11.4 Å². The van der Waals surface area contributed by atoms with Crippen LogP contribution < -0.4 is 0 Å². The SMILES string of the molecule is O=C(c1coc(-c2ccncn2)n1)c1coc(-c2ccncn2)n1. The van der Waals surface area contributed by atoms with Crippen molar-refractivity contribution in [3.8, 4) is 23.2 Å². The predicted molar refractivity (Wildman–Crippen MR) is 78.5 cm³/mol. The molecular weight excluding hydrogens is 312 g/mol. The smallest absolute Gasteiger partial charge is 0.245 e. The third-order valence-corrected chi connectivity index (χ3v) is 3.08. The van der Waals surface area contributed by atoms with Gasteiger partial charge in [0.1, 0.15) is 36.6 Å². The van der Waals surface area contributed by atoms with E-state index in [4.69, 9.17) is 8.83 Å². The molecule has 0 bridgehead atoms. The highest BCUT2D eigenvalue weighted by Gasteiger charge is 2.20. The topological polar surface area (TPSA) is 121 Å². The number of ketones is 1. The first-order valence-electron chi connectivity index (χ1n) is 6.80. The number of rotatable bonds is 4. The van der Waals surface area contributed by atoms with E-state index in [0.29, 0.717) is 11.4 Å². The van der Waals surface area contributed by atoms with Crippen LogP contribution in [0.3, 0.4) is 0 Å².